The summed E-state index contributed by atoms with van der Waals surface area (Å²) in [5, 5.41) is 11.1. The van der Waals surface area contributed by atoms with Crippen LogP contribution in [-0.4, -0.2) is 25.2 Å². The van der Waals surface area contributed by atoms with E-state index in [0.29, 0.717) is 25.4 Å². The Balaban J connectivity index is 1.83. The lowest BCUT2D eigenvalue weighted by Gasteiger charge is -2.22. The number of para-hydroxylation sites is 2. The Labute approximate surface area is 128 Å². The molecule has 0 fully saturated rings. The zero-order chi connectivity index (χ0) is 15.5. The van der Waals surface area contributed by atoms with Gasteiger partial charge in [-0.2, -0.15) is 0 Å². The number of rotatable bonds is 4. The summed E-state index contributed by atoms with van der Waals surface area (Å²) in [4.78, 5) is 12.6. The van der Waals surface area contributed by atoms with Crippen LogP contribution in [0.5, 0.6) is 11.5 Å². The lowest BCUT2D eigenvalue weighted by molar-refractivity contribution is -0.384. The van der Waals surface area contributed by atoms with Gasteiger partial charge in [-0.25, -0.2) is 0 Å². The molecular formula is C16H16N2O4. The van der Waals surface area contributed by atoms with Gasteiger partial charge < -0.3 is 14.4 Å². The molecule has 0 amide bonds. The minimum atomic E-state index is -0.365. The molecule has 0 bridgehead atoms. The molecule has 0 N–H and O–H groups in total. The highest BCUT2D eigenvalue weighted by atomic mass is 16.6. The van der Waals surface area contributed by atoms with Crippen molar-refractivity contribution in [2.45, 2.75) is 6.54 Å². The van der Waals surface area contributed by atoms with Gasteiger partial charge in [0.1, 0.15) is 18.9 Å². The molecule has 0 unspecified atom stereocenters. The molecule has 0 radical (unpaired) electrons. The normalized spacial score (nSPS) is 12.8. The van der Waals surface area contributed by atoms with Gasteiger partial charge in [-0.1, -0.05) is 18.2 Å². The number of nitrogens with zero attached hydrogens (tertiary/aromatic N) is 2. The molecule has 22 heavy (non-hydrogen) atoms. The summed E-state index contributed by atoms with van der Waals surface area (Å²) in [5.74, 6) is 1.46. The molecule has 6 heteroatoms. The van der Waals surface area contributed by atoms with Gasteiger partial charge in [0.05, 0.1) is 4.92 Å². The summed E-state index contributed by atoms with van der Waals surface area (Å²) in [6.45, 7) is 1.64. The predicted octanol–water partition coefficient (Wildman–Crippen LogP) is 3.00. The molecule has 0 aromatic heterocycles. The molecule has 2 aromatic carbocycles. The molecule has 0 atom stereocenters. The van der Waals surface area contributed by atoms with Crippen LogP contribution in [0.1, 0.15) is 5.56 Å². The van der Waals surface area contributed by atoms with E-state index in [4.69, 9.17) is 9.47 Å². The number of nitro benzene ring substituents is 1. The molecule has 0 aliphatic carbocycles. The van der Waals surface area contributed by atoms with Gasteiger partial charge in [-0.15, -0.1) is 0 Å². The third kappa shape index (κ3) is 2.81. The summed E-state index contributed by atoms with van der Waals surface area (Å²) >= 11 is 0. The van der Waals surface area contributed by atoms with Crippen molar-refractivity contribution in [1.82, 2.24) is 0 Å². The number of benzene rings is 2. The highest BCUT2D eigenvalue weighted by Crippen LogP contribution is 2.32. The van der Waals surface area contributed by atoms with E-state index in [1.807, 2.05) is 30.1 Å². The minimum absolute atomic E-state index is 0.0996. The van der Waals surface area contributed by atoms with Crippen LogP contribution < -0.4 is 14.4 Å². The summed E-state index contributed by atoms with van der Waals surface area (Å²) in [5.41, 5.74) is 1.69. The van der Waals surface area contributed by atoms with Crippen LogP contribution in [0.2, 0.25) is 0 Å². The van der Waals surface area contributed by atoms with Crippen LogP contribution >= 0.6 is 0 Å². The van der Waals surface area contributed by atoms with Gasteiger partial charge in [0.25, 0.3) is 5.69 Å². The Bertz CT molecular complexity index is 702. The van der Waals surface area contributed by atoms with E-state index in [1.54, 1.807) is 18.2 Å². The van der Waals surface area contributed by atoms with Crippen LogP contribution in [0.25, 0.3) is 0 Å². The number of hydrogen-bond donors (Lipinski definition) is 0. The molecular weight excluding hydrogens is 284 g/mol. The molecule has 1 aliphatic heterocycles. The standard InChI is InChI=1S/C16H16N2O4/c1-17(13-4-2-3-5-14(13)18(19)20)11-12-6-7-15-16(10-12)22-9-8-21-15/h2-7,10H,8-9,11H2,1H3. The van der Waals surface area contributed by atoms with Gasteiger partial charge in [0, 0.05) is 19.7 Å². The maximum absolute atomic E-state index is 11.1. The highest BCUT2D eigenvalue weighted by molar-refractivity contribution is 5.62. The first kappa shape index (κ1) is 14.2. The maximum atomic E-state index is 11.1. The second kappa shape index (κ2) is 5.93. The zero-order valence-corrected chi connectivity index (χ0v) is 12.2. The van der Waals surface area contributed by atoms with Crippen LogP contribution in [0.15, 0.2) is 42.5 Å². The van der Waals surface area contributed by atoms with Gasteiger partial charge in [-0.05, 0) is 23.8 Å². The molecule has 0 spiro atoms. The zero-order valence-electron chi connectivity index (χ0n) is 12.2. The van der Waals surface area contributed by atoms with Crippen molar-refractivity contribution in [3.05, 3.63) is 58.1 Å². The first-order chi connectivity index (χ1) is 10.6. The summed E-state index contributed by atoms with van der Waals surface area (Å²) in [6.07, 6.45) is 0. The van der Waals surface area contributed by atoms with E-state index in [-0.39, 0.29) is 10.6 Å². The monoisotopic (exact) mass is 300 g/mol. The smallest absolute Gasteiger partial charge is 0.292 e. The van der Waals surface area contributed by atoms with E-state index in [9.17, 15) is 10.1 Å². The number of hydrogen-bond acceptors (Lipinski definition) is 5. The predicted molar refractivity (Wildman–Crippen MR) is 82.6 cm³/mol. The van der Waals surface area contributed by atoms with Crippen LogP contribution in [0.4, 0.5) is 11.4 Å². The fourth-order valence-corrected chi connectivity index (χ4v) is 2.49. The van der Waals surface area contributed by atoms with Crippen molar-refractivity contribution >= 4 is 11.4 Å². The number of anilines is 1. The lowest BCUT2D eigenvalue weighted by Crippen LogP contribution is -2.19. The largest absolute Gasteiger partial charge is 0.486 e. The summed E-state index contributed by atoms with van der Waals surface area (Å²) < 4.78 is 11.1. The Morgan fingerprint density at radius 1 is 1.14 bits per heavy atom. The average molecular weight is 300 g/mol. The summed E-state index contributed by atoms with van der Waals surface area (Å²) in [6, 6.07) is 12.4. The molecule has 1 heterocycles. The Morgan fingerprint density at radius 3 is 2.64 bits per heavy atom. The topological polar surface area (TPSA) is 64.8 Å². The number of fused-ring (bicyclic) bond motifs is 1. The fourth-order valence-electron chi connectivity index (χ4n) is 2.49. The van der Waals surface area contributed by atoms with Gasteiger partial charge in [0.2, 0.25) is 0 Å². The molecule has 6 nitrogen and oxygen atoms in total. The second-order valence-corrected chi connectivity index (χ2v) is 5.08. The van der Waals surface area contributed by atoms with Crippen molar-refractivity contribution in [2.75, 3.05) is 25.2 Å². The van der Waals surface area contributed by atoms with Crippen molar-refractivity contribution < 1.29 is 14.4 Å². The molecule has 2 aromatic rings. The first-order valence-electron chi connectivity index (χ1n) is 6.98. The van der Waals surface area contributed by atoms with E-state index in [0.717, 1.165) is 17.1 Å². The molecule has 0 saturated heterocycles. The SMILES string of the molecule is CN(Cc1ccc2c(c1)OCCO2)c1ccccc1[N+](=O)[O-]. The highest BCUT2D eigenvalue weighted by Gasteiger charge is 2.17. The third-order valence-corrected chi connectivity index (χ3v) is 3.52. The van der Waals surface area contributed by atoms with E-state index < -0.39 is 0 Å². The average Bonchev–Trinajstić information content (AvgIpc) is 2.54. The molecule has 114 valence electrons. The maximum Gasteiger partial charge on any atom is 0.292 e. The van der Waals surface area contributed by atoms with Crippen molar-refractivity contribution in [3.8, 4) is 11.5 Å². The molecule has 0 saturated carbocycles. The van der Waals surface area contributed by atoms with Crippen LogP contribution in [-0.2, 0) is 6.54 Å². The minimum Gasteiger partial charge on any atom is -0.486 e. The second-order valence-electron chi connectivity index (χ2n) is 5.08. The van der Waals surface area contributed by atoms with Gasteiger partial charge in [-0.3, -0.25) is 10.1 Å². The quantitative estimate of drug-likeness (QED) is 0.641. The third-order valence-electron chi connectivity index (χ3n) is 3.52. The van der Waals surface area contributed by atoms with Crippen LogP contribution in [0.3, 0.4) is 0 Å². The Kier molecular flexibility index (Phi) is 3.82. The number of nitro groups is 1. The fraction of sp³-hybridized carbons (Fsp3) is 0.250. The Hall–Kier alpha value is -2.76. The number of ether oxygens (including phenoxy) is 2. The van der Waals surface area contributed by atoms with Gasteiger partial charge in [0.15, 0.2) is 11.5 Å². The van der Waals surface area contributed by atoms with E-state index in [2.05, 4.69) is 0 Å². The Morgan fingerprint density at radius 2 is 1.86 bits per heavy atom. The summed E-state index contributed by atoms with van der Waals surface area (Å²) in [7, 11) is 1.83. The van der Waals surface area contributed by atoms with Gasteiger partial charge >= 0.3 is 0 Å². The van der Waals surface area contributed by atoms with Crippen LogP contribution in [0, 0.1) is 10.1 Å². The first-order valence-corrected chi connectivity index (χ1v) is 6.98. The van der Waals surface area contributed by atoms with Crippen molar-refractivity contribution in [3.63, 3.8) is 0 Å². The molecule has 1 aliphatic rings. The lowest BCUT2D eigenvalue weighted by atomic mass is 10.1. The molecule has 3 rings (SSSR count). The van der Waals surface area contributed by atoms with Crippen molar-refractivity contribution in [1.29, 1.82) is 0 Å². The van der Waals surface area contributed by atoms with Crippen molar-refractivity contribution in [2.24, 2.45) is 0 Å². The van der Waals surface area contributed by atoms with E-state index >= 15 is 0 Å². The van der Waals surface area contributed by atoms with E-state index in [1.165, 1.54) is 6.07 Å².